The molecule has 5 nitrogen and oxygen atoms in total. The number of methoxy groups -OCH3 is 1. The van der Waals surface area contributed by atoms with Crippen molar-refractivity contribution in [2.24, 2.45) is 10.9 Å². The summed E-state index contributed by atoms with van der Waals surface area (Å²) < 4.78 is 10.8. The van der Waals surface area contributed by atoms with Crippen LogP contribution in [0.4, 0.5) is 5.69 Å². The van der Waals surface area contributed by atoms with E-state index in [-0.39, 0.29) is 17.4 Å². The first-order valence-electron chi connectivity index (χ1n) is 8.70. The third-order valence-electron chi connectivity index (χ3n) is 4.69. The van der Waals surface area contributed by atoms with E-state index in [2.05, 4.69) is 13.8 Å². The fourth-order valence-corrected chi connectivity index (χ4v) is 4.46. The molecule has 136 valence electrons. The van der Waals surface area contributed by atoms with Crippen molar-refractivity contribution in [3.8, 4) is 5.75 Å². The zero-order valence-corrected chi connectivity index (χ0v) is 16.2. The van der Waals surface area contributed by atoms with Crippen LogP contribution in [0, 0.1) is 12.8 Å². The van der Waals surface area contributed by atoms with Gasteiger partial charge in [0.25, 0.3) is 0 Å². The average Bonchev–Trinajstić information content (AvgIpc) is 2.89. The van der Waals surface area contributed by atoms with Crippen LogP contribution in [0.5, 0.6) is 5.75 Å². The normalized spacial score (nSPS) is 22.4. The number of nitrogens with zero attached hydrogens (tertiary/aromatic N) is 2. The van der Waals surface area contributed by atoms with Crippen molar-refractivity contribution in [1.29, 1.82) is 0 Å². The second-order valence-corrected chi connectivity index (χ2v) is 8.17. The van der Waals surface area contributed by atoms with Crippen LogP contribution >= 0.6 is 11.8 Å². The quantitative estimate of drug-likeness (QED) is 0.821. The number of amidine groups is 1. The Hall–Kier alpha value is -1.53. The topological polar surface area (TPSA) is 51.1 Å². The van der Waals surface area contributed by atoms with E-state index in [0.717, 1.165) is 40.8 Å². The van der Waals surface area contributed by atoms with Crippen LogP contribution in [-0.2, 0) is 9.53 Å². The number of ether oxygens (including phenoxy) is 2. The minimum absolute atomic E-state index is 0.0244. The van der Waals surface area contributed by atoms with Gasteiger partial charge in [0.05, 0.1) is 12.6 Å². The maximum Gasteiger partial charge on any atom is 0.232 e. The highest BCUT2D eigenvalue weighted by molar-refractivity contribution is 8.14. The molecular weight excluding hydrogens is 336 g/mol. The molecule has 1 amide bonds. The number of benzene rings is 1. The number of carbonyl (C=O) groups is 1. The van der Waals surface area contributed by atoms with Crippen molar-refractivity contribution in [3.05, 3.63) is 23.8 Å². The predicted molar refractivity (Wildman–Crippen MR) is 102 cm³/mol. The van der Waals surface area contributed by atoms with E-state index in [0.29, 0.717) is 13.2 Å². The van der Waals surface area contributed by atoms with Crippen molar-refractivity contribution in [2.45, 2.75) is 39.2 Å². The Labute approximate surface area is 153 Å². The van der Waals surface area contributed by atoms with Crippen LogP contribution in [0.25, 0.3) is 0 Å². The summed E-state index contributed by atoms with van der Waals surface area (Å²) in [6.07, 6.45) is 1.58. The predicted octanol–water partition coefficient (Wildman–Crippen LogP) is 3.77. The molecule has 25 heavy (non-hydrogen) atoms. The summed E-state index contributed by atoms with van der Waals surface area (Å²) in [6.45, 7) is 7.56. The van der Waals surface area contributed by atoms with Crippen molar-refractivity contribution >= 4 is 28.5 Å². The molecule has 0 unspecified atom stereocenters. The summed E-state index contributed by atoms with van der Waals surface area (Å²) in [5.41, 5.74) is 1.65. The monoisotopic (exact) mass is 362 g/mol. The first kappa shape index (κ1) is 18.3. The number of carbonyl (C=O) groups excluding carboxylic acids is 1. The average molecular weight is 362 g/mol. The van der Waals surface area contributed by atoms with Crippen LogP contribution in [0.1, 0.15) is 32.3 Å². The van der Waals surface area contributed by atoms with Crippen LogP contribution < -0.4 is 4.74 Å². The third-order valence-corrected chi connectivity index (χ3v) is 6.08. The zero-order valence-electron chi connectivity index (χ0n) is 15.4. The number of amides is 1. The molecule has 2 saturated heterocycles. The summed E-state index contributed by atoms with van der Waals surface area (Å²) >= 11 is 1.64. The number of hydrogen-bond donors (Lipinski definition) is 0. The maximum absolute atomic E-state index is 13.2. The number of thioether (sulfide) groups is 1. The smallest absolute Gasteiger partial charge is 0.232 e. The van der Waals surface area contributed by atoms with Gasteiger partial charge in [0, 0.05) is 24.9 Å². The molecule has 3 rings (SSSR count). The fourth-order valence-electron chi connectivity index (χ4n) is 3.22. The standard InChI is InChI=1S/C19H26N2O3S/c1-13-5-6-16(23-4)15(11-13)20-18-21(19(2,3)12-25-18)17(22)14-7-9-24-10-8-14/h5-6,11,14H,7-10,12H2,1-4H3. The zero-order chi connectivity index (χ0) is 18.0. The minimum Gasteiger partial charge on any atom is -0.494 e. The Morgan fingerprint density at radius 1 is 1.36 bits per heavy atom. The minimum atomic E-state index is -0.240. The molecule has 2 heterocycles. The Kier molecular flexibility index (Phi) is 5.39. The van der Waals surface area contributed by atoms with Crippen molar-refractivity contribution in [1.82, 2.24) is 4.90 Å². The van der Waals surface area contributed by atoms with E-state index >= 15 is 0 Å². The fraction of sp³-hybridized carbons (Fsp3) is 0.579. The van der Waals surface area contributed by atoms with Gasteiger partial charge in [0.2, 0.25) is 5.91 Å². The van der Waals surface area contributed by atoms with Gasteiger partial charge >= 0.3 is 0 Å². The lowest BCUT2D eigenvalue weighted by Crippen LogP contribution is -2.49. The van der Waals surface area contributed by atoms with Crippen LogP contribution in [0.2, 0.25) is 0 Å². The molecular formula is C19H26N2O3S. The lowest BCUT2D eigenvalue weighted by Gasteiger charge is -2.34. The molecule has 0 atom stereocenters. The third kappa shape index (κ3) is 3.85. The van der Waals surface area contributed by atoms with Gasteiger partial charge in [-0.15, -0.1) is 0 Å². The molecule has 0 spiro atoms. The molecule has 0 bridgehead atoms. The van der Waals surface area contributed by atoms with Crippen LogP contribution in [-0.4, -0.2) is 47.6 Å². The van der Waals surface area contributed by atoms with E-state index < -0.39 is 0 Å². The lowest BCUT2D eigenvalue weighted by atomic mass is 9.96. The van der Waals surface area contributed by atoms with E-state index in [9.17, 15) is 4.79 Å². The van der Waals surface area contributed by atoms with Gasteiger partial charge in [-0.25, -0.2) is 4.99 Å². The van der Waals surface area contributed by atoms with E-state index in [1.165, 1.54) is 0 Å². The molecule has 6 heteroatoms. The van der Waals surface area contributed by atoms with Crippen LogP contribution in [0.3, 0.4) is 0 Å². The summed E-state index contributed by atoms with van der Waals surface area (Å²) in [7, 11) is 1.64. The van der Waals surface area contributed by atoms with E-state index in [4.69, 9.17) is 14.5 Å². The van der Waals surface area contributed by atoms with Gasteiger partial charge in [0.15, 0.2) is 5.17 Å². The number of hydrogen-bond acceptors (Lipinski definition) is 5. The SMILES string of the molecule is COc1ccc(C)cc1N=C1SCC(C)(C)N1C(=O)C1CCOCC1. The van der Waals surface area contributed by atoms with Crippen molar-refractivity contribution in [3.63, 3.8) is 0 Å². The summed E-state index contributed by atoms with van der Waals surface area (Å²) in [5, 5.41) is 0.769. The number of aliphatic imine (C=N–C) groups is 1. The van der Waals surface area contributed by atoms with E-state index in [1.807, 2.05) is 30.0 Å². The summed E-state index contributed by atoms with van der Waals surface area (Å²) in [5.74, 6) is 1.76. The molecule has 0 aliphatic carbocycles. The van der Waals surface area contributed by atoms with Gasteiger partial charge in [-0.05, 0) is 51.3 Å². The second kappa shape index (κ2) is 7.38. The first-order valence-corrected chi connectivity index (χ1v) is 9.69. The maximum atomic E-state index is 13.2. The molecule has 1 aromatic carbocycles. The highest BCUT2D eigenvalue weighted by Crippen LogP contribution is 2.38. The number of aryl methyl sites for hydroxylation is 1. The van der Waals surface area contributed by atoms with Gasteiger partial charge in [-0.1, -0.05) is 17.8 Å². The molecule has 2 aliphatic heterocycles. The Bertz CT molecular complexity index is 681. The summed E-state index contributed by atoms with van der Waals surface area (Å²) in [4.78, 5) is 19.9. The first-order chi connectivity index (χ1) is 11.9. The molecule has 2 fully saturated rings. The van der Waals surface area contributed by atoms with Crippen molar-refractivity contribution < 1.29 is 14.3 Å². The van der Waals surface area contributed by atoms with E-state index in [1.54, 1.807) is 18.9 Å². The highest BCUT2D eigenvalue weighted by Gasteiger charge is 2.43. The number of rotatable bonds is 3. The summed E-state index contributed by atoms with van der Waals surface area (Å²) in [6, 6.07) is 5.91. The van der Waals surface area contributed by atoms with Crippen molar-refractivity contribution in [2.75, 3.05) is 26.1 Å². The molecule has 0 aromatic heterocycles. The van der Waals surface area contributed by atoms with Gasteiger partial charge in [-0.2, -0.15) is 0 Å². The second-order valence-electron chi connectivity index (χ2n) is 7.23. The largest absolute Gasteiger partial charge is 0.494 e. The van der Waals surface area contributed by atoms with Crippen LogP contribution in [0.15, 0.2) is 23.2 Å². The molecule has 2 aliphatic rings. The molecule has 0 N–H and O–H groups in total. The molecule has 1 aromatic rings. The Morgan fingerprint density at radius 2 is 2.08 bits per heavy atom. The Morgan fingerprint density at radius 3 is 2.76 bits per heavy atom. The van der Waals surface area contributed by atoms with Gasteiger partial charge in [0.1, 0.15) is 11.4 Å². The van der Waals surface area contributed by atoms with Gasteiger partial charge < -0.3 is 9.47 Å². The lowest BCUT2D eigenvalue weighted by molar-refractivity contribution is -0.137. The molecule has 0 radical (unpaired) electrons. The highest BCUT2D eigenvalue weighted by atomic mass is 32.2. The molecule has 0 saturated carbocycles. The van der Waals surface area contributed by atoms with Gasteiger partial charge in [-0.3, -0.25) is 9.69 Å². The Balaban J connectivity index is 1.94.